The maximum Gasteiger partial charge on any atom is 0.387 e. The van der Waals surface area contributed by atoms with E-state index in [-0.39, 0.29) is 5.75 Å². The van der Waals surface area contributed by atoms with Gasteiger partial charge in [0.1, 0.15) is 5.75 Å². The molecular weight excluding hydrogens is 274 g/mol. The molecule has 1 N–H and O–H groups in total. The van der Waals surface area contributed by atoms with Crippen molar-refractivity contribution in [3.63, 3.8) is 0 Å². The average molecular weight is 298 g/mol. The highest BCUT2D eigenvalue weighted by Gasteiger charge is 2.26. The summed E-state index contributed by atoms with van der Waals surface area (Å²) >= 11 is 0. The van der Waals surface area contributed by atoms with Crippen molar-refractivity contribution in [3.8, 4) is 5.75 Å². The summed E-state index contributed by atoms with van der Waals surface area (Å²) in [6.45, 7) is 3.52. The van der Waals surface area contributed by atoms with Gasteiger partial charge in [-0.15, -0.1) is 0 Å². The van der Waals surface area contributed by atoms with E-state index in [2.05, 4.69) is 28.8 Å². The number of anilines is 1. The third-order valence-corrected chi connectivity index (χ3v) is 4.00. The summed E-state index contributed by atoms with van der Waals surface area (Å²) in [5.74, 6) is 0.210. The van der Waals surface area contributed by atoms with Crippen LogP contribution in [0.4, 0.5) is 14.5 Å². The molecule has 0 aromatic heterocycles. The molecule has 0 bridgehead atoms. The zero-order chi connectivity index (χ0) is 15.2. The van der Waals surface area contributed by atoms with Gasteiger partial charge < -0.3 is 15.0 Å². The first-order valence-corrected chi connectivity index (χ1v) is 7.69. The van der Waals surface area contributed by atoms with E-state index in [1.54, 1.807) is 12.1 Å². The Balaban J connectivity index is 2.08. The van der Waals surface area contributed by atoms with E-state index in [1.807, 2.05) is 12.1 Å². The molecule has 1 aliphatic heterocycles. The number of alkyl halides is 2. The summed E-state index contributed by atoms with van der Waals surface area (Å²) in [7, 11) is 0. The molecule has 0 saturated carbocycles. The Hall–Kier alpha value is -1.36. The minimum atomic E-state index is -2.77. The third kappa shape index (κ3) is 4.30. The van der Waals surface area contributed by atoms with E-state index < -0.39 is 6.61 Å². The van der Waals surface area contributed by atoms with Crippen molar-refractivity contribution in [1.82, 2.24) is 5.32 Å². The number of piperazine rings is 1. The summed E-state index contributed by atoms with van der Waals surface area (Å²) in [6, 6.07) is 7.91. The Labute approximate surface area is 125 Å². The predicted molar refractivity (Wildman–Crippen MR) is 81.2 cm³/mol. The van der Waals surface area contributed by atoms with E-state index >= 15 is 0 Å². The van der Waals surface area contributed by atoms with Crippen molar-refractivity contribution in [2.45, 2.75) is 51.8 Å². The molecule has 3 nitrogen and oxygen atoms in total. The lowest BCUT2D eigenvalue weighted by atomic mass is 10.0. The predicted octanol–water partition coefficient (Wildman–Crippen LogP) is 3.64. The van der Waals surface area contributed by atoms with Crippen LogP contribution in [0.2, 0.25) is 0 Å². The lowest BCUT2D eigenvalue weighted by Gasteiger charge is -2.42. The lowest BCUT2D eigenvalue weighted by molar-refractivity contribution is -0.0498. The molecule has 2 unspecified atom stereocenters. The first kappa shape index (κ1) is 16.0. The van der Waals surface area contributed by atoms with Crippen LogP contribution in [0.5, 0.6) is 5.75 Å². The fourth-order valence-electron chi connectivity index (χ4n) is 2.91. The van der Waals surface area contributed by atoms with Gasteiger partial charge in [0.25, 0.3) is 0 Å². The average Bonchev–Trinajstić information content (AvgIpc) is 2.48. The maximum absolute atomic E-state index is 12.2. The second-order valence-corrected chi connectivity index (χ2v) is 5.48. The minimum absolute atomic E-state index is 0.210. The van der Waals surface area contributed by atoms with E-state index in [1.165, 1.54) is 0 Å². The fourth-order valence-corrected chi connectivity index (χ4v) is 2.91. The number of rotatable bonds is 6. The lowest BCUT2D eigenvalue weighted by Crippen LogP contribution is -2.56. The Morgan fingerprint density at radius 2 is 2.00 bits per heavy atom. The second-order valence-electron chi connectivity index (χ2n) is 5.48. The molecule has 118 valence electrons. The van der Waals surface area contributed by atoms with Gasteiger partial charge in [-0.05, 0) is 37.1 Å². The quantitative estimate of drug-likeness (QED) is 0.867. The van der Waals surface area contributed by atoms with Gasteiger partial charge in [0.15, 0.2) is 0 Å². The molecule has 0 radical (unpaired) electrons. The standard InChI is InChI=1S/C16H24F2N2O/c1-3-5-12-11-20(13(4-2)10-19-12)14-6-8-15(9-7-14)21-16(17)18/h6-9,12-13,16,19H,3-5,10-11H2,1-2H3. The number of ether oxygens (including phenoxy) is 1. The SMILES string of the molecule is CCCC1CN(c2ccc(OC(F)F)cc2)C(CC)CN1. The highest BCUT2D eigenvalue weighted by atomic mass is 19.3. The Kier molecular flexibility index (Phi) is 5.79. The molecule has 1 aliphatic rings. The topological polar surface area (TPSA) is 24.5 Å². The molecule has 1 fully saturated rings. The molecule has 2 atom stereocenters. The number of nitrogens with one attached hydrogen (secondary N) is 1. The summed E-state index contributed by atoms with van der Waals surface area (Å²) in [6.07, 6.45) is 3.37. The summed E-state index contributed by atoms with van der Waals surface area (Å²) in [4.78, 5) is 2.38. The van der Waals surface area contributed by atoms with E-state index in [0.29, 0.717) is 12.1 Å². The van der Waals surface area contributed by atoms with Gasteiger partial charge in [0.05, 0.1) is 0 Å². The molecule has 1 heterocycles. The second kappa shape index (κ2) is 7.59. The van der Waals surface area contributed by atoms with Crippen LogP contribution in [0.25, 0.3) is 0 Å². The molecule has 21 heavy (non-hydrogen) atoms. The van der Waals surface area contributed by atoms with Crippen LogP contribution in [0.1, 0.15) is 33.1 Å². The highest BCUT2D eigenvalue weighted by molar-refractivity contribution is 5.50. The Morgan fingerprint density at radius 3 is 2.57 bits per heavy atom. The van der Waals surface area contributed by atoms with E-state index in [9.17, 15) is 8.78 Å². The molecule has 1 saturated heterocycles. The van der Waals surface area contributed by atoms with Crippen molar-refractivity contribution in [2.24, 2.45) is 0 Å². The fraction of sp³-hybridized carbons (Fsp3) is 0.625. The van der Waals surface area contributed by atoms with Crippen LogP contribution in [-0.2, 0) is 0 Å². The van der Waals surface area contributed by atoms with Gasteiger partial charge >= 0.3 is 6.61 Å². The van der Waals surface area contributed by atoms with Gasteiger partial charge in [-0.25, -0.2) is 0 Å². The molecule has 5 heteroatoms. The maximum atomic E-state index is 12.2. The smallest absolute Gasteiger partial charge is 0.387 e. The van der Waals surface area contributed by atoms with Crippen molar-refractivity contribution in [3.05, 3.63) is 24.3 Å². The molecule has 0 amide bonds. The first-order valence-electron chi connectivity index (χ1n) is 7.69. The number of halogens is 2. The van der Waals surface area contributed by atoms with Crippen LogP contribution >= 0.6 is 0 Å². The third-order valence-electron chi connectivity index (χ3n) is 4.00. The minimum Gasteiger partial charge on any atom is -0.435 e. The van der Waals surface area contributed by atoms with E-state index in [0.717, 1.165) is 38.0 Å². The van der Waals surface area contributed by atoms with E-state index in [4.69, 9.17) is 0 Å². The number of nitrogens with zero attached hydrogens (tertiary/aromatic N) is 1. The van der Waals surface area contributed by atoms with Crippen LogP contribution < -0.4 is 15.0 Å². The summed E-state index contributed by atoms with van der Waals surface area (Å²) in [5.41, 5.74) is 1.08. The monoisotopic (exact) mass is 298 g/mol. The van der Waals surface area contributed by atoms with Gasteiger partial charge in [-0.3, -0.25) is 0 Å². The van der Waals surface area contributed by atoms with Crippen molar-refractivity contribution in [2.75, 3.05) is 18.0 Å². The Bertz CT molecular complexity index is 425. The summed E-state index contributed by atoms with van der Waals surface area (Å²) in [5, 5.41) is 3.59. The molecular formula is C16H24F2N2O. The molecule has 1 aromatic carbocycles. The number of hydrogen-bond acceptors (Lipinski definition) is 3. The van der Waals surface area contributed by atoms with Gasteiger partial charge in [0, 0.05) is 30.9 Å². The van der Waals surface area contributed by atoms with Crippen molar-refractivity contribution >= 4 is 5.69 Å². The number of hydrogen-bond donors (Lipinski definition) is 1. The van der Waals surface area contributed by atoms with Gasteiger partial charge in [-0.1, -0.05) is 20.3 Å². The van der Waals surface area contributed by atoms with Crippen LogP contribution in [0.15, 0.2) is 24.3 Å². The largest absolute Gasteiger partial charge is 0.435 e. The number of benzene rings is 1. The van der Waals surface area contributed by atoms with Gasteiger partial charge in [0.2, 0.25) is 0 Å². The normalized spacial score (nSPS) is 22.6. The molecule has 0 spiro atoms. The van der Waals surface area contributed by atoms with Crippen LogP contribution in [0.3, 0.4) is 0 Å². The van der Waals surface area contributed by atoms with Crippen LogP contribution in [-0.4, -0.2) is 31.8 Å². The molecule has 0 aliphatic carbocycles. The first-order chi connectivity index (χ1) is 10.1. The van der Waals surface area contributed by atoms with Crippen LogP contribution in [0, 0.1) is 0 Å². The van der Waals surface area contributed by atoms with Crippen molar-refractivity contribution < 1.29 is 13.5 Å². The zero-order valence-electron chi connectivity index (χ0n) is 12.7. The molecule has 1 aromatic rings. The van der Waals surface area contributed by atoms with Gasteiger partial charge in [-0.2, -0.15) is 8.78 Å². The highest BCUT2D eigenvalue weighted by Crippen LogP contribution is 2.25. The Morgan fingerprint density at radius 1 is 1.29 bits per heavy atom. The zero-order valence-corrected chi connectivity index (χ0v) is 12.7. The van der Waals surface area contributed by atoms with Crippen molar-refractivity contribution in [1.29, 1.82) is 0 Å². The summed E-state index contributed by atoms with van der Waals surface area (Å²) < 4.78 is 28.8. The molecule has 2 rings (SSSR count).